The molecule has 4 heteroatoms. The summed E-state index contributed by atoms with van der Waals surface area (Å²) in [6.07, 6.45) is -3.12. The highest BCUT2D eigenvalue weighted by atomic mass is 35.5. The smallest absolute Gasteiger partial charge is 0.167 e. The van der Waals surface area contributed by atoms with Crippen LogP contribution < -0.4 is 0 Å². The molecular formula is C9H6ClF3. The van der Waals surface area contributed by atoms with Crippen LogP contribution in [0.1, 0.15) is 5.56 Å². The van der Waals surface area contributed by atoms with Gasteiger partial charge in [-0.25, -0.2) is 0 Å². The molecule has 0 aliphatic heterocycles. The van der Waals surface area contributed by atoms with Crippen molar-refractivity contribution >= 4 is 17.7 Å². The first-order valence-corrected chi connectivity index (χ1v) is 3.87. The van der Waals surface area contributed by atoms with Crippen LogP contribution in [0.15, 0.2) is 30.3 Å². The highest BCUT2D eigenvalue weighted by Crippen LogP contribution is 2.19. The predicted octanol–water partition coefficient (Wildman–Crippen LogP) is 3.92. The predicted molar refractivity (Wildman–Crippen MR) is 46.5 cm³/mol. The van der Waals surface area contributed by atoms with Crippen molar-refractivity contribution in [1.29, 1.82) is 0 Å². The second-order valence-electron chi connectivity index (χ2n) is 2.43. The molecule has 0 aliphatic carbocycles. The summed E-state index contributed by atoms with van der Waals surface area (Å²) in [5.74, 6) is 0. The number of hydrogen-bond donors (Lipinski definition) is 0. The van der Waals surface area contributed by atoms with Crippen LogP contribution in [0.2, 0.25) is 5.02 Å². The van der Waals surface area contributed by atoms with E-state index in [-0.39, 0.29) is 6.08 Å². The molecule has 0 amide bonds. The van der Waals surface area contributed by atoms with Crippen molar-refractivity contribution in [1.82, 2.24) is 0 Å². The minimum Gasteiger partial charge on any atom is -0.167 e. The lowest BCUT2D eigenvalue weighted by molar-refractivity contribution is -0.0790. The van der Waals surface area contributed by atoms with Crippen LogP contribution in [0.3, 0.4) is 0 Å². The molecule has 0 fully saturated rings. The van der Waals surface area contributed by atoms with E-state index in [2.05, 4.69) is 0 Å². The summed E-state index contributed by atoms with van der Waals surface area (Å²) in [5, 5.41) is 0.421. The third-order valence-electron chi connectivity index (χ3n) is 1.31. The summed E-state index contributed by atoms with van der Waals surface area (Å²) in [4.78, 5) is 0. The van der Waals surface area contributed by atoms with Crippen molar-refractivity contribution in [3.05, 3.63) is 40.9 Å². The molecule has 1 aromatic rings. The zero-order chi connectivity index (χ0) is 9.90. The lowest BCUT2D eigenvalue weighted by Crippen LogP contribution is -1.99. The average Bonchev–Trinajstić information content (AvgIpc) is 2.00. The van der Waals surface area contributed by atoms with Gasteiger partial charge in [-0.2, -0.15) is 13.2 Å². The number of benzene rings is 1. The fourth-order valence-electron chi connectivity index (χ4n) is 0.801. The van der Waals surface area contributed by atoms with Crippen LogP contribution in [0.5, 0.6) is 0 Å². The molecule has 13 heavy (non-hydrogen) atoms. The van der Waals surface area contributed by atoms with Crippen LogP contribution in [0.25, 0.3) is 6.08 Å². The van der Waals surface area contributed by atoms with Gasteiger partial charge < -0.3 is 0 Å². The largest absolute Gasteiger partial charge is 0.409 e. The fourth-order valence-corrected chi connectivity index (χ4v) is 1.000. The molecule has 0 spiro atoms. The van der Waals surface area contributed by atoms with E-state index in [1.54, 1.807) is 18.2 Å². The molecule has 0 saturated carbocycles. The molecule has 0 saturated heterocycles. The van der Waals surface area contributed by atoms with E-state index < -0.39 is 6.18 Å². The van der Waals surface area contributed by atoms with Crippen molar-refractivity contribution in [3.63, 3.8) is 0 Å². The van der Waals surface area contributed by atoms with Crippen molar-refractivity contribution in [3.8, 4) is 0 Å². The third-order valence-corrected chi connectivity index (χ3v) is 1.55. The van der Waals surface area contributed by atoms with Gasteiger partial charge in [0.15, 0.2) is 0 Å². The molecular weight excluding hydrogens is 201 g/mol. The van der Waals surface area contributed by atoms with E-state index in [0.29, 0.717) is 10.6 Å². The Labute approximate surface area is 78.6 Å². The summed E-state index contributed by atoms with van der Waals surface area (Å²) in [6, 6.07) is 6.21. The quantitative estimate of drug-likeness (QED) is 0.654. The van der Waals surface area contributed by atoms with E-state index in [1.807, 2.05) is 0 Å². The second-order valence-corrected chi connectivity index (χ2v) is 2.87. The molecule has 0 radical (unpaired) electrons. The summed E-state index contributed by atoms with van der Waals surface area (Å²) in [6.45, 7) is 0. The lowest BCUT2D eigenvalue weighted by Gasteiger charge is -1.98. The maximum Gasteiger partial charge on any atom is 0.409 e. The Morgan fingerprint density at radius 3 is 2.46 bits per heavy atom. The van der Waals surface area contributed by atoms with Gasteiger partial charge >= 0.3 is 6.18 Å². The summed E-state index contributed by atoms with van der Waals surface area (Å²) in [7, 11) is 0. The molecule has 0 nitrogen and oxygen atoms in total. The number of halogens is 4. The van der Waals surface area contributed by atoms with Crippen LogP contribution in [-0.2, 0) is 0 Å². The van der Waals surface area contributed by atoms with Gasteiger partial charge in [-0.15, -0.1) is 0 Å². The molecule has 0 heterocycles. The van der Waals surface area contributed by atoms with Crippen molar-refractivity contribution in [2.45, 2.75) is 6.18 Å². The zero-order valence-corrected chi connectivity index (χ0v) is 7.23. The molecule has 0 aliphatic rings. The van der Waals surface area contributed by atoms with Crippen LogP contribution in [0.4, 0.5) is 13.2 Å². The SMILES string of the molecule is FC(F)(F)/C=C/c1cccc(Cl)c1. The van der Waals surface area contributed by atoms with Gasteiger partial charge in [-0.05, 0) is 17.7 Å². The molecule has 1 rings (SSSR count). The number of hydrogen-bond acceptors (Lipinski definition) is 0. The molecule has 0 N–H and O–H groups in total. The highest BCUT2D eigenvalue weighted by molar-refractivity contribution is 6.30. The number of rotatable bonds is 1. The first kappa shape index (κ1) is 10.1. The molecule has 0 atom stereocenters. The average molecular weight is 207 g/mol. The Bertz CT molecular complexity index is 315. The molecule has 0 unspecified atom stereocenters. The van der Waals surface area contributed by atoms with Gasteiger partial charge in [0, 0.05) is 11.1 Å². The fraction of sp³-hybridized carbons (Fsp3) is 0.111. The standard InChI is InChI=1S/C9H6ClF3/c10-8-3-1-2-7(6-8)4-5-9(11,12)13/h1-6H/b5-4+. The van der Waals surface area contributed by atoms with Gasteiger partial charge in [0.1, 0.15) is 0 Å². The summed E-state index contributed by atoms with van der Waals surface area (Å²) in [5.41, 5.74) is 0.435. The highest BCUT2D eigenvalue weighted by Gasteiger charge is 2.21. The van der Waals surface area contributed by atoms with Crippen LogP contribution >= 0.6 is 11.6 Å². The van der Waals surface area contributed by atoms with Crippen molar-refractivity contribution < 1.29 is 13.2 Å². The second kappa shape index (κ2) is 3.83. The van der Waals surface area contributed by atoms with Gasteiger partial charge in [-0.1, -0.05) is 29.8 Å². The Hall–Kier alpha value is -0.960. The monoisotopic (exact) mass is 206 g/mol. The third kappa shape index (κ3) is 3.99. The van der Waals surface area contributed by atoms with E-state index in [1.165, 1.54) is 6.07 Å². The van der Waals surface area contributed by atoms with E-state index >= 15 is 0 Å². The van der Waals surface area contributed by atoms with Crippen LogP contribution in [0, 0.1) is 0 Å². The first-order valence-electron chi connectivity index (χ1n) is 3.49. The minimum absolute atomic E-state index is 0.179. The molecule has 70 valence electrons. The van der Waals surface area contributed by atoms with Gasteiger partial charge in [0.25, 0.3) is 0 Å². The van der Waals surface area contributed by atoms with Gasteiger partial charge in [0.05, 0.1) is 0 Å². The normalized spacial score (nSPS) is 12.3. The molecule has 0 aromatic heterocycles. The van der Waals surface area contributed by atoms with Gasteiger partial charge in [-0.3, -0.25) is 0 Å². The summed E-state index contributed by atoms with van der Waals surface area (Å²) >= 11 is 5.58. The first-order chi connectivity index (χ1) is 5.97. The topological polar surface area (TPSA) is 0 Å². The Morgan fingerprint density at radius 2 is 1.92 bits per heavy atom. The van der Waals surface area contributed by atoms with Gasteiger partial charge in [0.2, 0.25) is 0 Å². The Morgan fingerprint density at radius 1 is 1.23 bits per heavy atom. The minimum atomic E-state index is -4.28. The van der Waals surface area contributed by atoms with Crippen LogP contribution in [-0.4, -0.2) is 6.18 Å². The zero-order valence-electron chi connectivity index (χ0n) is 6.48. The van der Waals surface area contributed by atoms with E-state index in [0.717, 1.165) is 6.08 Å². The van der Waals surface area contributed by atoms with Crippen molar-refractivity contribution in [2.75, 3.05) is 0 Å². The maximum absolute atomic E-state index is 11.7. The Kier molecular flexibility index (Phi) is 2.98. The summed E-state index contributed by atoms with van der Waals surface area (Å²) < 4.78 is 35.2. The number of alkyl halides is 3. The van der Waals surface area contributed by atoms with Crippen molar-refractivity contribution in [2.24, 2.45) is 0 Å². The molecule has 1 aromatic carbocycles. The lowest BCUT2D eigenvalue weighted by atomic mass is 10.2. The maximum atomic E-state index is 11.7. The molecule has 0 bridgehead atoms. The number of allylic oxidation sites excluding steroid dienone is 1. The Balaban J connectivity index is 2.80. The van der Waals surface area contributed by atoms with E-state index in [9.17, 15) is 13.2 Å². The van der Waals surface area contributed by atoms with E-state index in [4.69, 9.17) is 11.6 Å².